The number of anilines is 1. The summed E-state index contributed by atoms with van der Waals surface area (Å²) in [6.45, 7) is 0. The maximum atomic E-state index is 5.58. The summed E-state index contributed by atoms with van der Waals surface area (Å²) >= 11 is 0. The molecule has 6 nitrogen and oxygen atoms in total. The lowest BCUT2D eigenvalue weighted by Gasteiger charge is -1.91. The zero-order valence-electron chi connectivity index (χ0n) is 8.25. The Kier molecular flexibility index (Phi) is 1.79. The number of nitrogens with zero attached hydrogens (tertiary/aromatic N) is 4. The van der Waals surface area contributed by atoms with E-state index in [4.69, 9.17) is 5.73 Å². The smallest absolute Gasteiger partial charge is 0.180 e. The van der Waals surface area contributed by atoms with E-state index in [0.29, 0.717) is 17.3 Å². The Bertz CT molecular complexity index is 630. The van der Waals surface area contributed by atoms with Gasteiger partial charge in [-0.1, -0.05) is 0 Å². The number of aromatic amines is 1. The van der Waals surface area contributed by atoms with E-state index in [1.54, 1.807) is 18.5 Å². The van der Waals surface area contributed by atoms with Crippen LogP contribution in [0, 0.1) is 0 Å². The second-order valence-electron chi connectivity index (χ2n) is 3.32. The molecule has 3 aromatic heterocycles. The highest BCUT2D eigenvalue weighted by molar-refractivity contribution is 5.76. The van der Waals surface area contributed by atoms with Crippen LogP contribution in [-0.4, -0.2) is 24.9 Å². The predicted molar refractivity (Wildman–Crippen MR) is 59.3 cm³/mol. The number of nitrogen functional groups attached to an aromatic ring is 1. The average molecular weight is 212 g/mol. The molecular formula is C10H8N6. The van der Waals surface area contributed by atoms with Crippen LogP contribution in [0.25, 0.3) is 22.6 Å². The number of rotatable bonds is 1. The van der Waals surface area contributed by atoms with Crippen LogP contribution in [0.5, 0.6) is 0 Å². The van der Waals surface area contributed by atoms with Gasteiger partial charge in [-0.3, -0.25) is 0 Å². The highest BCUT2D eigenvalue weighted by atomic mass is 15.0. The number of imidazole rings is 1. The zero-order valence-corrected chi connectivity index (χ0v) is 8.25. The first-order valence-corrected chi connectivity index (χ1v) is 4.70. The van der Waals surface area contributed by atoms with Gasteiger partial charge in [-0.05, 0) is 12.1 Å². The fourth-order valence-corrected chi connectivity index (χ4v) is 1.47. The molecule has 3 heterocycles. The van der Waals surface area contributed by atoms with Gasteiger partial charge in [0.2, 0.25) is 0 Å². The van der Waals surface area contributed by atoms with Gasteiger partial charge in [-0.25, -0.2) is 19.9 Å². The Morgan fingerprint density at radius 1 is 1.06 bits per heavy atom. The van der Waals surface area contributed by atoms with Gasteiger partial charge in [0.15, 0.2) is 5.65 Å². The molecule has 6 heteroatoms. The van der Waals surface area contributed by atoms with Crippen LogP contribution in [0.15, 0.2) is 30.9 Å². The lowest BCUT2D eigenvalue weighted by atomic mass is 10.3. The highest BCUT2D eigenvalue weighted by Crippen LogP contribution is 2.18. The zero-order chi connectivity index (χ0) is 11.0. The molecule has 3 rings (SSSR count). The Morgan fingerprint density at radius 2 is 1.88 bits per heavy atom. The number of fused-ring (bicyclic) bond motifs is 1. The van der Waals surface area contributed by atoms with Gasteiger partial charge in [0.05, 0.1) is 11.1 Å². The molecule has 0 aliphatic heterocycles. The number of pyridine rings is 1. The SMILES string of the molecule is Nc1ccc2[nH]c(-c3cncnc3)nc2n1. The molecule has 0 fully saturated rings. The second-order valence-corrected chi connectivity index (χ2v) is 3.32. The topological polar surface area (TPSA) is 93.4 Å². The summed E-state index contributed by atoms with van der Waals surface area (Å²) in [5, 5.41) is 0. The van der Waals surface area contributed by atoms with E-state index >= 15 is 0 Å². The monoisotopic (exact) mass is 212 g/mol. The van der Waals surface area contributed by atoms with Gasteiger partial charge in [0.1, 0.15) is 18.0 Å². The van der Waals surface area contributed by atoms with E-state index in [1.165, 1.54) is 6.33 Å². The molecule has 0 atom stereocenters. The van der Waals surface area contributed by atoms with Crippen molar-refractivity contribution < 1.29 is 0 Å². The summed E-state index contributed by atoms with van der Waals surface area (Å²) in [5.74, 6) is 1.14. The normalized spacial score (nSPS) is 10.8. The molecule has 3 aromatic rings. The number of H-pyrrole nitrogens is 1. The predicted octanol–water partition coefficient (Wildman–Crippen LogP) is 0.997. The van der Waals surface area contributed by atoms with Gasteiger partial charge in [0.25, 0.3) is 0 Å². The fraction of sp³-hybridized carbons (Fsp3) is 0. The third kappa shape index (κ3) is 1.36. The molecular weight excluding hydrogens is 204 g/mol. The summed E-state index contributed by atoms with van der Waals surface area (Å²) in [4.78, 5) is 19.4. The van der Waals surface area contributed by atoms with Gasteiger partial charge in [0, 0.05) is 12.4 Å². The van der Waals surface area contributed by atoms with Crippen molar-refractivity contribution in [1.29, 1.82) is 0 Å². The number of nitrogens with two attached hydrogens (primary N) is 1. The molecule has 0 aromatic carbocycles. The molecule has 16 heavy (non-hydrogen) atoms. The Hall–Kier alpha value is -2.50. The van der Waals surface area contributed by atoms with Crippen molar-refractivity contribution >= 4 is 17.0 Å². The van der Waals surface area contributed by atoms with Crippen molar-refractivity contribution in [2.75, 3.05) is 5.73 Å². The van der Waals surface area contributed by atoms with Crippen molar-refractivity contribution in [3.05, 3.63) is 30.9 Å². The van der Waals surface area contributed by atoms with Crippen LogP contribution in [0.1, 0.15) is 0 Å². The van der Waals surface area contributed by atoms with E-state index in [2.05, 4.69) is 24.9 Å². The summed E-state index contributed by atoms with van der Waals surface area (Å²) in [6, 6.07) is 3.57. The molecule has 0 unspecified atom stereocenters. The largest absolute Gasteiger partial charge is 0.384 e. The van der Waals surface area contributed by atoms with Crippen molar-refractivity contribution in [2.45, 2.75) is 0 Å². The molecule has 0 aliphatic carbocycles. The molecule has 0 saturated heterocycles. The Morgan fingerprint density at radius 3 is 2.69 bits per heavy atom. The molecule has 0 radical (unpaired) electrons. The maximum absolute atomic E-state index is 5.58. The third-order valence-corrected chi connectivity index (χ3v) is 2.20. The molecule has 0 bridgehead atoms. The molecule has 3 N–H and O–H groups in total. The number of aromatic nitrogens is 5. The lowest BCUT2D eigenvalue weighted by Crippen LogP contribution is -1.88. The molecule has 78 valence electrons. The maximum Gasteiger partial charge on any atom is 0.180 e. The van der Waals surface area contributed by atoms with Crippen LogP contribution >= 0.6 is 0 Å². The quantitative estimate of drug-likeness (QED) is 0.627. The van der Waals surface area contributed by atoms with Crippen LogP contribution in [0.3, 0.4) is 0 Å². The Balaban J connectivity index is 2.19. The molecule has 0 aliphatic rings. The first kappa shape index (κ1) is 8.78. The van der Waals surface area contributed by atoms with E-state index in [-0.39, 0.29) is 0 Å². The number of hydrogen-bond acceptors (Lipinski definition) is 5. The van der Waals surface area contributed by atoms with E-state index < -0.39 is 0 Å². The summed E-state index contributed by atoms with van der Waals surface area (Å²) < 4.78 is 0. The standard InChI is InChI=1S/C10H8N6/c11-8-2-1-7-10(15-8)16-9(14-7)6-3-12-5-13-4-6/h1-5H,(H3,11,14,15,16). The van der Waals surface area contributed by atoms with E-state index in [0.717, 1.165) is 11.1 Å². The van der Waals surface area contributed by atoms with Crippen LogP contribution in [0.2, 0.25) is 0 Å². The van der Waals surface area contributed by atoms with E-state index in [9.17, 15) is 0 Å². The summed E-state index contributed by atoms with van der Waals surface area (Å²) in [5.41, 5.74) is 7.84. The molecule has 0 amide bonds. The van der Waals surface area contributed by atoms with E-state index in [1.807, 2.05) is 6.07 Å². The van der Waals surface area contributed by atoms with Crippen molar-refractivity contribution in [3.63, 3.8) is 0 Å². The summed E-state index contributed by atoms with van der Waals surface area (Å²) in [6.07, 6.45) is 4.85. The average Bonchev–Trinajstić information content (AvgIpc) is 2.73. The van der Waals surface area contributed by atoms with Crippen molar-refractivity contribution in [3.8, 4) is 11.4 Å². The minimum Gasteiger partial charge on any atom is -0.384 e. The van der Waals surface area contributed by atoms with Gasteiger partial charge in [-0.2, -0.15) is 0 Å². The van der Waals surface area contributed by atoms with Crippen molar-refractivity contribution in [2.24, 2.45) is 0 Å². The fourth-order valence-electron chi connectivity index (χ4n) is 1.47. The van der Waals surface area contributed by atoms with Gasteiger partial charge in [-0.15, -0.1) is 0 Å². The second kappa shape index (κ2) is 3.27. The third-order valence-electron chi connectivity index (χ3n) is 2.20. The lowest BCUT2D eigenvalue weighted by molar-refractivity contribution is 1.15. The van der Waals surface area contributed by atoms with Crippen LogP contribution < -0.4 is 5.73 Å². The van der Waals surface area contributed by atoms with Gasteiger partial charge >= 0.3 is 0 Å². The van der Waals surface area contributed by atoms with Crippen molar-refractivity contribution in [1.82, 2.24) is 24.9 Å². The van der Waals surface area contributed by atoms with Crippen LogP contribution in [0.4, 0.5) is 5.82 Å². The van der Waals surface area contributed by atoms with Crippen LogP contribution in [-0.2, 0) is 0 Å². The Labute approximate surface area is 90.6 Å². The highest BCUT2D eigenvalue weighted by Gasteiger charge is 2.06. The first-order valence-electron chi connectivity index (χ1n) is 4.70. The summed E-state index contributed by atoms with van der Waals surface area (Å²) in [7, 11) is 0. The minimum absolute atomic E-state index is 0.454. The number of hydrogen-bond donors (Lipinski definition) is 2. The first-order chi connectivity index (χ1) is 7.83. The molecule has 0 saturated carbocycles. The van der Waals surface area contributed by atoms with Gasteiger partial charge < -0.3 is 10.7 Å². The minimum atomic E-state index is 0.454. The number of nitrogens with one attached hydrogen (secondary N) is 1. The molecule has 0 spiro atoms.